The van der Waals surface area contributed by atoms with Crippen LogP contribution in [0.15, 0.2) is 0 Å². The predicted molar refractivity (Wildman–Crippen MR) is 64.0 cm³/mol. The van der Waals surface area contributed by atoms with Crippen molar-refractivity contribution in [3.05, 3.63) is 0 Å². The van der Waals surface area contributed by atoms with Crippen LogP contribution in [0.4, 0.5) is 4.79 Å². The fourth-order valence-electron chi connectivity index (χ4n) is 1.47. The molecule has 0 unspecified atom stereocenters. The second-order valence-electron chi connectivity index (χ2n) is 5.35. The Hall–Kier alpha value is -1.30. The number of ether oxygens (including phenoxy) is 1. The quantitative estimate of drug-likeness (QED) is 0.651. The van der Waals surface area contributed by atoms with Gasteiger partial charge in [0.2, 0.25) is 0 Å². The van der Waals surface area contributed by atoms with Crippen molar-refractivity contribution >= 4 is 12.0 Å². The highest BCUT2D eigenvalue weighted by Crippen LogP contribution is 2.09. The summed E-state index contributed by atoms with van der Waals surface area (Å²) < 4.78 is 4.97. The fraction of sp³-hybridized carbons (Fsp3) is 0.818. The molecule has 0 aromatic carbocycles. The monoisotopic (exact) mass is 246 g/mol. The Labute approximate surface area is 102 Å². The summed E-state index contributed by atoms with van der Waals surface area (Å²) in [6.07, 6.45) is -0.134. The van der Waals surface area contributed by atoms with E-state index in [0.29, 0.717) is 6.61 Å². The molecule has 17 heavy (non-hydrogen) atoms. The lowest BCUT2D eigenvalue weighted by atomic mass is 10.0. The Bertz CT molecular complexity index is 287. The molecule has 3 N–H and O–H groups in total. The molecule has 0 aliphatic rings. The van der Waals surface area contributed by atoms with E-state index in [-0.39, 0.29) is 6.42 Å². The van der Waals surface area contributed by atoms with Crippen LogP contribution in [0, 0.1) is 0 Å². The second-order valence-corrected chi connectivity index (χ2v) is 5.35. The topological polar surface area (TPSA) is 87.7 Å². The van der Waals surface area contributed by atoms with Gasteiger partial charge in [-0.1, -0.05) is 0 Å². The first-order valence-electron chi connectivity index (χ1n) is 5.39. The van der Waals surface area contributed by atoms with Crippen LogP contribution >= 0.6 is 0 Å². The Morgan fingerprint density at radius 2 is 1.59 bits per heavy atom. The summed E-state index contributed by atoms with van der Waals surface area (Å²) in [4.78, 5) is 22.3. The van der Waals surface area contributed by atoms with E-state index in [0.717, 1.165) is 0 Å². The molecule has 0 fully saturated rings. The van der Waals surface area contributed by atoms with Gasteiger partial charge in [0, 0.05) is 12.6 Å². The Morgan fingerprint density at radius 1 is 1.12 bits per heavy atom. The molecule has 6 heteroatoms. The van der Waals surface area contributed by atoms with Gasteiger partial charge < -0.3 is 20.5 Å². The highest BCUT2D eigenvalue weighted by atomic mass is 16.5. The molecule has 0 saturated carbocycles. The molecule has 0 rings (SSSR count). The van der Waals surface area contributed by atoms with Gasteiger partial charge in [-0.2, -0.15) is 0 Å². The molecule has 0 aromatic rings. The predicted octanol–water partition coefficient (Wildman–Crippen LogP) is 0.964. The number of carboxylic acid groups (broad SMARTS) is 1. The summed E-state index contributed by atoms with van der Waals surface area (Å²) in [6.45, 7) is 7.33. The summed E-state index contributed by atoms with van der Waals surface area (Å²) in [5.74, 6) is -0.952. The summed E-state index contributed by atoms with van der Waals surface area (Å²) in [5.41, 5.74) is -1.29. The molecule has 0 saturated heterocycles. The first-order valence-corrected chi connectivity index (χ1v) is 5.39. The fourth-order valence-corrected chi connectivity index (χ4v) is 1.47. The number of amides is 2. The van der Waals surface area contributed by atoms with Gasteiger partial charge >= 0.3 is 12.0 Å². The molecule has 0 radical (unpaired) electrons. The van der Waals surface area contributed by atoms with Crippen molar-refractivity contribution in [1.29, 1.82) is 0 Å². The molecular weight excluding hydrogens is 224 g/mol. The number of nitrogens with one attached hydrogen (secondary N) is 2. The standard InChI is InChI=1S/C11H22N2O4/c1-10(2,6-8(14)15)12-9(16)13-11(3,4)7-17-5/h6-7H2,1-5H3,(H,14,15)(H2,12,13,16). The number of rotatable bonds is 6. The van der Waals surface area contributed by atoms with Crippen LogP contribution in [-0.4, -0.2) is 41.9 Å². The number of carbonyl (C=O) groups excluding carboxylic acids is 1. The molecule has 0 spiro atoms. The highest BCUT2D eigenvalue weighted by Gasteiger charge is 2.27. The maximum Gasteiger partial charge on any atom is 0.315 e. The Balaban J connectivity index is 4.31. The van der Waals surface area contributed by atoms with Gasteiger partial charge in [-0.15, -0.1) is 0 Å². The smallest absolute Gasteiger partial charge is 0.315 e. The number of urea groups is 1. The number of carboxylic acids is 1. The van der Waals surface area contributed by atoms with Gasteiger partial charge in [-0.05, 0) is 27.7 Å². The third-order valence-corrected chi connectivity index (χ3v) is 2.00. The molecular formula is C11H22N2O4. The van der Waals surface area contributed by atoms with Crippen molar-refractivity contribution < 1.29 is 19.4 Å². The lowest BCUT2D eigenvalue weighted by Gasteiger charge is -2.30. The van der Waals surface area contributed by atoms with E-state index in [2.05, 4.69) is 10.6 Å². The lowest BCUT2D eigenvalue weighted by molar-refractivity contribution is -0.138. The zero-order valence-corrected chi connectivity index (χ0v) is 11.1. The summed E-state index contributed by atoms with van der Waals surface area (Å²) in [5, 5.41) is 14.0. The number of hydrogen-bond donors (Lipinski definition) is 3. The SMILES string of the molecule is COCC(C)(C)NC(=O)NC(C)(C)CC(=O)O. The number of carbonyl (C=O) groups is 2. The highest BCUT2D eigenvalue weighted by molar-refractivity contribution is 5.77. The minimum Gasteiger partial charge on any atom is -0.481 e. The second kappa shape index (κ2) is 5.86. The molecule has 0 heterocycles. The van der Waals surface area contributed by atoms with Crippen molar-refractivity contribution in [3.63, 3.8) is 0 Å². The maximum atomic E-state index is 11.7. The van der Waals surface area contributed by atoms with Gasteiger partial charge in [0.05, 0.1) is 18.6 Å². The third-order valence-electron chi connectivity index (χ3n) is 2.00. The van der Waals surface area contributed by atoms with Crippen molar-refractivity contribution in [2.45, 2.75) is 45.2 Å². The van der Waals surface area contributed by atoms with E-state index in [1.807, 2.05) is 13.8 Å². The van der Waals surface area contributed by atoms with Gasteiger partial charge in [-0.3, -0.25) is 4.79 Å². The minimum atomic E-state index is -0.952. The van der Waals surface area contributed by atoms with E-state index in [1.165, 1.54) is 0 Å². The average Bonchev–Trinajstić information content (AvgIpc) is 1.96. The first kappa shape index (κ1) is 15.7. The molecule has 0 bridgehead atoms. The number of methoxy groups -OCH3 is 1. The van der Waals surface area contributed by atoms with E-state index in [4.69, 9.17) is 9.84 Å². The molecule has 100 valence electrons. The van der Waals surface area contributed by atoms with Crippen LogP contribution in [0.2, 0.25) is 0 Å². The van der Waals surface area contributed by atoms with Crippen LogP contribution in [0.3, 0.4) is 0 Å². The molecule has 0 aromatic heterocycles. The van der Waals surface area contributed by atoms with Crippen LogP contribution in [0.25, 0.3) is 0 Å². The van der Waals surface area contributed by atoms with E-state index in [9.17, 15) is 9.59 Å². The van der Waals surface area contributed by atoms with Crippen molar-refractivity contribution in [2.75, 3.05) is 13.7 Å². The largest absolute Gasteiger partial charge is 0.481 e. The minimum absolute atomic E-state index is 0.134. The van der Waals surface area contributed by atoms with Gasteiger partial charge in [0.25, 0.3) is 0 Å². The van der Waals surface area contributed by atoms with E-state index in [1.54, 1.807) is 21.0 Å². The molecule has 0 aliphatic carbocycles. The normalized spacial score (nSPS) is 12.1. The van der Waals surface area contributed by atoms with Crippen LogP contribution < -0.4 is 10.6 Å². The third kappa shape index (κ3) is 7.57. The van der Waals surface area contributed by atoms with Crippen LogP contribution in [-0.2, 0) is 9.53 Å². The van der Waals surface area contributed by atoms with Crippen molar-refractivity contribution in [3.8, 4) is 0 Å². The van der Waals surface area contributed by atoms with Crippen molar-refractivity contribution in [1.82, 2.24) is 10.6 Å². The summed E-state index contributed by atoms with van der Waals surface area (Å²) >= 11 is 0. The summed E-state index contributed by atoms with van der Waals surface area (Å²) in [7, 11) is 1.55. The van der Waals surface area contributed by atoms with Crippen LogP contribution in [0.1, 0.15) is 34.1 Å². The summed E-state index contributed by atoms with van der Waals surface area (Å²) in [6, 6.07) is -0.404. The van der Waals surface area contributed by atoms with Gasteiger partial charge in [0.15, 0.2) is 0 Å². The zero-order valence-electron chi connectivity index (χ0n) is 11.1. The van der Waals surface area contributed by atoms with Gasteiger partial charge in [0.1, 0.15) is 0 Å². The Kier molecular flexibility index (Phi) is 5.41. The van der Waals surface area contributed by atoms with Crippen LogP contribution in [0.5, 0.6) is 0 Å². The molecule has 2 amide bonds. The molecule has 6 nitrogen and oxygen atoms in total. The number of aliphatic carboxylic acids is 1. The molecule has 0 aliphatic heterocycles. The van der Waals surface area contributed by atoms with E-state index >= 15 is 0 Å². The average molecular weight is 246 g/mol. The maximum absolute atomic E-state index is 11.7. The Morgan fingerprint density at radius 3 is 2.00 bits per heavy atom. The van der Waals surface area contributed by atoms with Crippen molar-refractivity contribution in [2.24, 2.45) is 0 Å². The zero-order chi connectivity index (χ0) is 13.7. The molecule has 0 atom stereocenters. The number of hydrogen-bond acceptors (Lipinski definition) is 3. The lowest BCUT2D eigenvalue weighted by Crippen LogP contribution is -2.56. The van der Waals surface area contributed by atoms with Gasteiger partial charge in [-0.25, -0.2) is 4.79 Å². The first-order chi connectivity index (χ1) is 7.58. The van der Waals surface area contributed by atoms with E-state index < -0.39 is 23.1 Å².